The van der Waals surface area contributed by atoms with Crippen molar-refractivity contribution < 1.29 is 18.0 Å². The number of nitrogens with zero attached hydrogens (tertiary/aromatic N) is 5. The van der Waals surface area contributed by atoms with Gasteiger partial charge in [0.15, 0.2) is 0 Å². The maximum absolute atomic E-state index is 13.2. The summed E-state index contributed by atoms with van der Waals surface area (Å²) in [5.74, 6) is 0.216. The van der Waals surface area contributed by atoms with E-state index in [0.717, 1.165) is 61.7 Å². The van der Waals surface area contributed by atoms with Crippen molar-refractivity contribution in [3.8, 4) is 0 Å². The average molecular weight is 490 g/mol. The van der Waals surface area contributed by atoms with Crippen molar-refractivity contribution in [2.45, 2.75) is 37.4 Å². The Morgan fingerprint density at radius 3 is 2.57 bits per heavy atom. The molecule has 0 aromatic carbocycles. The normalized spacial score (nSPS) is 21.5. The van der Waals surface area contributed by atoms with Gasteiger partial charge in [-0.05, 0) is 37.5 Å². The molecule has 4 heterocycles. The predicted octanol–water partition coefficient (Wildman–Crippen LogP) is 2.25. The van der Waals surface area contributed by atoms with Crippen LogP contribution in [-0.2, 0) is 6.18 Å². The van der Waals surface area contributed by atoms with Crippen LogP contribution in [0.1, 0.15) is 47.1 Å². The third-order valence-electron chi connectivity index (χ3n) is 7.04. The van der Waals surface area contributed by atoms with Crippen LogP contribution in [0.2, 0.25) is 0 Å². The Morgan fingerprint density at radius 2 is 1.91 bits per heavy atom. The fourth-order valence-corrected chi connectivity index (χ4v) is 5.18. The van der Waals surface area contributed by atoms with E-state index in [2.05, 4.69) is 30.2 Å². The number of H-pyrrole nitrogens is 1. The quantitative estimate of drug-likeness (QED) is 0.584. The van der Waals surface area contributed by atoms with Gasteiger partial charge in [0.25, 0.3) is 11.5 Å². The molecule has 2 aliphatic rings. The molecule has 1 saturated carbocycles. The second-order valence-electron chi connectivity index (χ2n) is 9.03. The summed E-state index contributed by atoms with van der Waals surface area (Å²) in [6, 6.07) is 4.84. The summed E-state index contributed by atoms with van der Waals surface area (Å²) in [6.45, 7) is 3.38. The number of aromatic nitrogens is 4. The van der Waals surface area contributed by atoms with E-state index in [-0.39, 0.29) is 11.8 Å². The number of pyridine rings is 1. The minimum absolute atomic E-state index is 0.00618. The maximum atomic E-state index is 13.2. The number of alkyl halides is 3. The van der Waals surface area contributed by atoms with E-state index < -0.39 is 22.8 Å². The van der Waals surface area contributed by atoms with Gasteiger partial charge in [-0.2, -0.15) is 18.3 Å². The van der Waals surface area contributed by atoms with Crippen LogP contribution in [0.25, 0.3) is 5.52 Å². The second kappa shape index (κ2) is 8.99. The third-order valence-corrected chi connectivity index (χ3v) is 7.04. The molecule has 1 saturated heterocycles. The highest BCUT2D eigenvalue weighted by Gasteiger charge is 2.36. The summed E-state index contributed by atoms with van der Waals surface area (Å²) in [5.41, 5.74) is -0.850. The summed E-state index contributed by atoms with van der Waals surface area (Å²) in [7, 11) is 1.57. The van der Waals surface area contributed by atoms with Crippen molar-refractivity contribution in [3.63, 3.8) is 0 Å². The number of hydrogen-bond donors (Lipinski definition) is 2. The van der Waals surface area contributed by atoms with Gasteiger partial charge in [0, 0.05) is 51.4 Å². The molecule has 2 N–H and O–H groups in total. The van der Waals surface area contributed by atoms with Gasteiger partial charge in [-0.25, -0.2) is 9.50 Å². The summed E-state index contributed by atoms with van der Waals surface area (Å²) >= 11 is 0. The van der Waals surface area contributed by atoms with E-state index in [9.17, 15) is 22.8 Å². The van der Waals surface area contributed by atoms with Crippen LogP contribution in [0.3, 0.4) is 0 Å². The van der Waals surface area contributed by atoms with Gasteiger partial charge < -0.3 is 15.2 Å². The summed E-state index contributed by atoms with van der Waals surface area (Å²) in [6.07, 6.45) is 0.859. The molecule has 3 aromatic rings. The highest BCUT2D eigenvalue weighted by Crippen LogP contribution is 2.36. The molecule has 186 valence electrons. The number of aromatic amines is 1. The zero-order chi connectivity index (χ0) is 24.7. The fourth-order valence-electron chi connectivity index (χ4n) is 5.18. The Labute approximate surface area is 198 Å². The van der Waals surface area contributed by atoms with E-state index in [0.29, 0.717) is 17.6 Å². The van der Waals surface area contributed by atoms with Crippen LogP contribution < -0.4 is 15.8 Å². The molecule has 2 fully saturated rings. The van der Waals surface area contributed by atoms with Crippen LogP contribution in [0.5, 0.6) is 0 Å². The number of amides is 1. The molecule has 0 radical (unpaired) electrons. The van der Waals surface area contributed by atoms with Crippen molar-refractivity contribution in [1.29, 1.82) is 0 Å². The van der Waals surface area contributed by atoms with Crippen molar-refractivity contribution in [1.82, 2.24) is 29.8 Å². The minimum Gasteiger partial charge on any atom is -0.368 e. The van der Waals surface area contributed by atoms with E-state index in [1.807, 2.05) is 6.07 Å². The Morgan fingerprint density at radius 1 is 1.14 bits per heavy atom. The number of piperazine rings is 1. The van der Waals surface area contributed by atoms with Crippen molar-refractivity contribution in [3.05, 3.63) is 58.0 Å². The Bertz CT molecular complexity index is 1280. The maximum Gasteiger partial charge on any atom is 0.418 e. The number of anilines is 1. The molecule has 9 nitrogen and oxygen atoms in total. The lowest BCUT2D eigenvalue weighted by atomic mass is 10.1. The molecule has 1 aliphatic carbocycles. The first-order chi connectivity index (χ1) is 16.7. The Balaban J connectivity index is 1.22. The fraction of sp³-hybridized carbons (Fsp3) is 0.478. The largest absolute Gasteiger partial charge is 0.418 e. The van der Waals surface area contributed by atoms with Gasteiger partial charge in [0.2, 0.25) is 0 Å². The van der Waals surface area contributed by atoms with Crippen molar-refractivity contribution in [2.75, 3.05) is 38.1 Å². The third kappa shape index (κ3) is 4.49. The average Bonchev–Trinajstić information content (AvgIpc) is 3.52. The van der Waals surface area contributed by atoms with Crippen LogP contribution in [0, 0.1) is 0 Å². The van der Waals surface area contributed by atoms with Gasteiger partial charge in [-0.1, -0.05) is 0 Å². The number of nitrogens with one attached hydrogen (secondary N) is 2. The standard InChI is InChI=1S/C23H26F3N7O2/c1-27-21(34)18-5-4-16(13-28-18)32-10-8-31(9-11-32)15-3-2-14(12-15)20-29-22(35)19-17(23(24,25)26)6-7-33(19)30-20/h4-7,13-15H,2-3,8-12H2,1H3,(H,27,34)(H,29,30,35)/t14-,15-/m1/s1. The zero-order valence-electron chi connectivity index (χ0n) is 19.2. The first-order valence-electron chi connectivity index (χ1n) is 11.6. The first-order valence-corrected chi connectivity index (χ1v) is 11.6. The molecule has 2 atom stereocenters. The van der Waals surface area contributed by atoms with Crippen LogP contribution in [-0.4, -0.2) is 69.7 Å². The number of halogens is 3. The number of fused-ring (bicyclic) bond motifs is 1. The molecule has 5 rings (SSSR count). The van der Waals surface area contributed by atoms with E-state index in [4.69, 9.17) is 0 Å². The lowest BCUT2D eigenvalue weighted by Crippen LogP contribution is -2.49. The van der Waals surface area contributed by atoms with Crippen molar-refractivity contribution in [2.24, 2.45) is 0 Å². The monoisotopic (exact) mass is 489 g/mol. The number of carbonyl (C=O) groups is 1. The van der Waals surface area contributed by atoms with Crippen LogP contribution in [0.15, 0.2) is 35.4 Å². The highest BCUT2D eigenvalue weighted by atomic mass is 19.4. The summed E-state index contributed by atoms with van der Waals surface area (Å²) in [4.78, 5) is 35.6. The first kappa shape index (κ1) is 23.3. The Kier molecular flexibility index (Phi) is 5.99. The van der Waals surface area contributed by atoms with Crippen LogP contribution in [0.4, 0.5) is 18.9 Å². The predicted molar refractivity (Wildman–Crippen MR) is 123 cm³/mol. The van der Waals surface area contributed by atoms with Crippen molar-refractivity contribution >= 4 is 17.1 Å². The van der Waals surface area contributed by atoms with Gasteiger partial charge in [0.05, 0.1) is 17.4 Å². The minimum atomic E-state index is -4.60. The van der Waals surface area contributed by atoms with Gasteiger partial charge in [-0.15, -0.1) is 0 Å². The van der Waals surface area contributed by atoms with Crippen LogP contribution >= 0.6 is 0 Å². The zero-order valence-corrected chi connectivity index (χ0v) is 19.2. The smallest absolute Gasteiger partial charge is 0.368 e. The lowest BCUT2D eigenvalue weighted by molar-refractivity contribution is -0.136. The number of hydrogen-bond acceptors (Lipinski definition) is 6. The van der Waals surface area contributed by atoms with E-state index in [1.54, 1.807) is 19.3 Å². The number of rotatable bonds is 4. The molecule has 35 heavy (non-hydrogen) atoms. The molecule has 0 spiro atoms. The molecular weight excluding hydrogens is 463 g/mol. The van der Waals surface area contributed by atoms with Gasteiger partial charge in [0.1, 0.15) is 17.0 Å². The molecule has 0 bridgehead atoms. The molecule has 3 aromatic heterocycles. The second-order valence-corrected chi connectivity index (χ2v) is 9.03. The molecular formula is C23H26F3N7O2. The van der Waals surface area contributed by atoms with E-state index in [1.165, 1.54) is 6.20 Å². The van der Waals surface area contributed by atoms with E-state index >= 15 is 0 Å². The topological polar surface area (TPSA) is 98.6 Å². The number of carbonyl (C=O) groups excluding carboxylic acids is 1. The SMILES string of the molecule is CNC(=O)c1ccc(N2CCN([C@@H]3CC[C@@H](c4nn5ccc(C(F)(F)F)c5c(=O)[nH]4)C3)CC2)cn1. The van der Waals surface area contributed by atoms with Gasteiger partial charge in [-0.3, -0.25) is 14.5 Å². The molecule has 0 unspecified atom stereocenters. The highest BCUT2D eigenvalue weighted by molar-refractivity contribution is 5.92. The molecule has 1 amide bonds. The Hall–Kier alpha value is -3.41. The summed E-state index contributed by atoms with van der Waals surface area (Å²) in [5, 5.41) is 6.87. The molecule has 12 heteroatoms. The van der Waals surface area contributed by atoms with Gasteiger partial charge >= 0.3 is 6.18 Å². The lowest BCUT2D eigenvalue weighted by Gasteiger charge is -2.39. The summed E-state index contributed by atoms with van der Waals surface area (Å²) < 4.78 is 40.6. The molecule has 1 aliphatic heterocycles.